The molecule has 1 aromatic carbocycles. The number of thioether (sulfide) groups is 1. The zero-order valence-electron chi connectivity index (χ0n) is 18.1. The Labute approximate surface area is 186 Å². The summed E-state index contributed by atoms with van der Waals surface area (Å²) in [6.45, 7) is 0.894. The van der Waals surface area contributed by atoms with Crippen LogP contribution in [0.25, 0.3) is 0 Å². The predicted molar refractivity (Wildman–Crippen MR) is 122 cm³/mol. The minimum absolute atomic E-state index is 0.0253. The van der Waals surface area contributed by atoms with Gasteiger partial charge in [0.05, 0.1) is 32.1 Å². The van der Waals surface area contributed by atoms with Gasteiger partial charge in [-0.25, -0.2) is 0 Å². The minimum Gasteiger partial charge on any atom is -0.497 e. The number of amidine groups is 1. The molecule has 1 heterocycles. The van der Waals surface area contributed by atoms with Crippen molar-refractivity contribution < 1.29 is 19.2 Å². The highest BCUT2D eigenvalue weighted by atomic mass is 32.2. The zero-order chi connectivity index (χ0) is 22.6. The highest BCUT2D eigenvalue weighted by Crippen LogP contribution is 2.19. The summed E-state index contributed by atoms with van der Waals surface area (Å²) in [4.78, 5) is 16.8. The number of hydrogen-bond acceptors (Lipinski definition) is 8. The number of methoxy groups -OCH3 is 1. The molecule has 0 amide bonds. The van der Waals surface area contributed by atoms with Gasteiger partial charge in [-0.15, -0.1) is 0 Å². The number of aliphatic imine (C=N–C) groups is 1. The van der Waals surface area contributed by atoms with Crippen LogP contribution in [0.2, 0.25) is 0 Å². The maximum atomic E-state index is 10.9. The van der Waals surface area contributed by atoms with E-state index in [-0.39, 0.29) is 12.4 Å². The van der Waals surface area contributed by atoms with Gasteiger partial charge in [-0.1, -0.05) is 12.1 Å². The average Bonchev–Trinajstić information content (AvgIpc) is 3.17. The molecule has 0 aliphatic rings. The molecule has 0 saturated heterocycles. The summed E-state index contributed by atoms with van der Waals surface area (Å²) >= 11 is 1.67. The molecule has 0 fully saturated rings. The van der Waals surface area contributed by atoms with E-state index in [4.69, 9.17) is 9.15 Å². The average molecular weight is 451 g/mol. The third-order valence-electron chi connectivity index (χ3n) is 4.22. The monoisotopic (exact) mass is 450 g/mol. The Morgan fingerprint density at radius 2 is 2.13 bits per heavy atom. The summed E-state index contributed by atoms with van der Waals surface area (Å²) in [5.74, 6) is 4.17. The SMILES string of the molecule is COc1cccc(C(O)CN=C(C[N+](=O)[O-])NCCSCc2ccc(CN(C)C)o2)c1. The van der Waals surface area contributed by atoms with Crippen LogP contribution in [0.3, 0.4) is 0 Å². The van der Waals surface area contributed by atoms with E-state index in [0.717, 1.165) is 29.6 Å². The van der Waals surface area contributed by atoms with Gasteiger partial charge in [0.15, 0.2) is 5.84 Å². The fourth-order valence-corrected chi connectivity index (χ4v) is 3.52. The molecule has 9 nitrogen and oxygen atoms in total. The number of nitrogens with one attached hydrogen (secondary N) is 1. The summed E-state index contributed by atoms with van der Waals surface area (Å²) in [5.41, 5.74) is 0.645. The molecular weight excluding hydrogens is 420 g/mol. The Morgan fingerprint density at radius 3 is 2.84 bits per heavy atom. The van der Waals surface area contributed by atoms with Crippen molar-refractivity contribution in [2.75, 3.05) is 46.6 Å². The molecule has 170 valence electrons. The molecule has 0 radical (unpaired) electrons. The summed E-state index contributed by atoms with van der Waals surface area (Å²) in [6.07, 6.45) is -0.872. The van der Waals surface area contributed by atoms with Gasteiger partial charge in [0.25, 0.3) is 6.54 Å². The van der Waals surface area contributed by atoms with Crippen molar-refractivity contribution in [2.24, 2.45) is 4.99 Å². The van der Waals surface area contributed by atoms with Crippen molar-refractivity contribution in [3.05, 3.63) is 63.6 Å². The molecule has 2 aromatic rings. The summed E-state index contributed by atoms with van der Waals surface area (Å²) in [5, 5.41) is 24.3. The van der Waals surface area contributed by atoms with Crippen LogP contribution >= 0.6 is 11.8 Å². The van der Waals surface area contributed by atoms with Crippen LogP contribution in [0.15, 0.2) is 45.8 Å². The van der Waals surface area contributed by atoms with Gasteiger partial charge >= 0.3 is 0 Å². The van der Waals surface area contributed by atoms with Crippen molar-refractivity contribution in [2.45, 2.75) is 18.4 Å². The van der Waals surface area contributed by atoms with Crippen LogP contribution in [0.4, 0.5) is 0 Å². The van der Waals surface area contributed by atoms with Crippen LogP contribution in [0.5, 0.6) is 5.75 Å². The Kier molecular flexibility index (Phi) is 10.3. The number of furan rings is 1. The fraction of sp³-hybridized carbons (Fsp3) is 0.476. The lowest BCUT2D eigenvalue weighted by atomic mass is 10.1. The van der Waals surface area contributed by atoms with Gasteiger partial charge in [-0.2, -0.15) is 11.8 Å². The molecular formula is C21H30N4O5S. The number of hydrogen-bond donors (Lipinski definition) is 2. The molecule has 0 spiro atoms. The number of ether oxygens (including phenoxy) is 1. The maximum absolute atomic E-state index is 10.9. The number of aliphatic hydroxyl groups is 1. The van der Waals surface area contributed by atoms with Gasteiger partial charge in [0, 0.05) is 17.2 Å². The third-order valence-corrected chi connectivity index (χ3v) is 5.20. The topological polar surface area (TPSA) is 113 Å². The molecule has 0 aliphatic heterocycles. The van der Waals surface area contributed by atoms with E-state index >= 15 is 0 Å². The van der Waals surface area contributed by atoms with Crippen LogP contribution in [-0.4, -0.2) is 67.4 Å². The van der Waals surface area contributed by atoms with E-state index in [1.165, 1.54) is 0 Å². The molecule has 1 aromatic heterocycles. The smallest absolute Gasteiger partial charge is 0.259 e. The van der Waals surface area contributed by atoms with Crippen LogP contribution in [0.1, 0.15) is 23.2 Å². The molecule has 31 heavy (non-hydrogen) atoms. The first-order valence-electron chi connectivity index (χ1n) is 9.88. The van der Waals surface area contributed by atoms with Gasteiger partial charge in [0.1, 0.15) is 17.3 Å². The number of rotatable bonds is 13. The lowest BCUT2D eigenvalue weighted by molar-refractivity contribution is -0.463. The Morgan fingerprint density at radius 1 is 1.35 bits per heavy atom. The van der Waals surface area contributed by atoms with Gasteiger partial charge in [-0.3, -0.25) is 15.1 Å². The second-order valence-electron chi connectivity index (χ2n) is 7.16. The van der Waals surface area contributed by atoms with Gasteiger partial charge < -0.3 is 24.5 Å². The highest BCUT2D eigenvalue weighted by Gasteiger charge is 2.12. The first kappa shape index (κ1) is 24.7. The molecule has 0 bridgehead atoms. The van der Waals surface area contributed by atoms with Crippen molar-refractivity contribution in [3.63, 3.8) is 0 Å². The van der Waals surface area contributed by atoms with Crippen molar-refractivity contribution in [3.8, 4) is 5.75 Å². The van der Waals surface area contributed by atoms with Crippen LogP contribution < -0.4 is 10.1 Å². The predicted octanol–water partition coefficient (Wildman–Crippen LogP) is 2.58. The van der Waals surface area contributed by atoms with Crippen LogP contribution in [-0.2, 0) is 12.3 Å². The highest BCUT2D eigenvalue weighted by molar-refractivity contribution is 7.98. The summed E-state index contributed by atoms with van der Waals surface area (Å²) < 4.78 is 10.9. The van der Waals surface area contributed by atoms with Crippen molar-refractivity contribution in [1.82, 2.24) is 10.2 Å². The molecule has 10 heteroatoms. The van der Waals surface area contributed by atoms with Crippen LogP contribution in [0, 0.1) is 10.1 Å². The second kappa shape index (κ2) is 13.0. The summed E-state index contributed by atoms with van der Waals surface area (Å²) in [6, 6.07) is 11.0. The molecule has 2 rings (SSSR count). The summed E-state index contributed by atoms with van der Waals surface area (Å²) in [7, 11) is 5.53. The molecule has 0 saturated carbocycles. The minimum atomic E-state index is -0.872. The first-order valence-corrected chi connectivity index (χ1v) is 11.0. The van der Waals surface area contributed by atoms with E-state index in [9.17, 15) is 15.2 Å². The van der Waals surface area contributed by atoms with Crippen molar-refractivity contribution in [1.29, 1.82) is 0 Å². The first-order chi connectivity index (χ1) is 14.9. The number of aliphatic hydroxyl groups excluding tert-OH is 1. The lowest BCUT2D eigenvalue weighted by Gasteiger charge is -2.11. The Balaban J connectivity index is 1.79. The van der Waals surface area contributed by atoms with E-state index in [1.54, 1.807) is 43.1 Å². The fourth-order valence-electron chi connectivity index (χ4n) is 2.77. The molecule has 1 unspecified atom stereocenters. The van der Waals surface area contributed by atoms with Gasteiger partial charge in [-0.05, 0) is 43.9 Å². The van der Waals surface area contributed by atoms with E-state index < -0.39 is 17.6 Å². The lowest BCUT2D eigenvalue weighted by Crippen LogP contribution is -2.32. The number of nitro groups is 1. The zero-order valence-corrected chi connectivity index (χ0v) is 18.9. The molecule has 0 aliphatic carbocycles. The number of benzene rings is 1. The quantitative estimate of drug-likeness (QED) is 0.157. The molecule has 1 atom stereocenters. The largest absolute Gasteiger partial charge is 0.497 e. The maximum Gasteiger partial charge on any atom is 0.259 e. The Hall–Kier alpha value is -2.56. The Bertz CT molecular complexity index is 856. The molecule has 2 N–H and O–H groups in total. The standard InChI is InChI=1S/C21H30N4O5S/c1-24(2)13-18-7-8-19(30-18)15-31-10-9-22-21(14-25(27)28)23-12-20(26)16-5-4-6-17(11-16)29-3/h4-8,11,20,26H,9-10,12-15H2,1-3H3,(H,22,23). The number of nitrogens with zero attached hydrogens (tertiary/aromatic N) is 3. The van der Waals surface area contributed by atoms with E-state index in [2.05, 4.69) is 10.3 Å². The third kappa shape index (κ3) is 9.41. The van der Waals surface area contributed by atoms with E-state index in [0.29, 0.717) is 17.9 Å². The normalized spacial score (nSPS) is 12.7. The van der Waals surface area contributed by atoms with E-state index in [1.807, 2.05) is 31.1 Å². The second-order valence-corrected chi connectivity index (χ2v) is 8.26. The van der Waals surface area contributed by atoms with Gasteiger partial charge in [0.2, 0.25) is 0 Å². The van der Waals surface area contributed by atoms with Crippen molar-refractivity contribution >= 4 is 17.6 Å².